The largest absolute Gasteiger partial charge is 0.478 e. The van der Waals surface area contributed by atoms with Gasteiger partial charge in [-0.3, -0.25) is 9.78 Å². The third-order valence-corrected chi connectivity index (χ3v) is 6.19. The number of pyridine rings is 1. The molecule has 0 aliphatic carbocycles. The SMILES string of the molecule is CC(C)(C)c1cc(-c2cc(-c3ccc(C(=O)O)cc3)nn2-c2ccc(C(N)=O)cc2)cc(C(C)(C)C)n1. The Balaban J connectivity index is 1.95. The predicted octanol–water partition coefficient (Wildman–Crippen LogP) is 5.99. The standard InChI is InChI=1S/C30H32N4O3/c1-29(2,3)25-15-21(16-26(32-25)30(4,5)6)24-17-23(18-7-9-20(10-8-18)28(36)37)33-34(24)22-13-11-19(12-14-22)27(31)35/h7-17H,1-6H3,(H2,31,35)(H,36,37). The number of aromatic nitrogens is 3. The van der Waals surface area contributed by atoms with Gasteiger partial charge in [-0.15, -0.1) is 0 Å². The number of nitrogens with zero attached hydrogens (tertiary/aromatic N) is 3. The molecular formula is C30H32N4O3. The molecule has 3 N–H and O–H groups in total. The van der Waals surface area contributed by atoms with Crippen molar-refractivity contribution >= 4 is 11.9 Å². The van der Waals surface area contributed by atoms with Crippen LogP contribution in [0, 0.1) is 0 Å². The minimum Gasteiger partial charge on any atom is -0.478 e. The summed E-state index contributed by atoms with van der Waals surface area (Å²) in [5.41, 5.74) is 11.7. The first kappa shape index (κ1) is 25.8. The quantitative estimate of drug-likeness (QED) is 0.352. The number of carboxylic acids is 1. The Hall–Kier alpha value is -4.26. The van der Waals surface area contributed by atoms with Gasteiger partial charge < -0.3 is 10.8 Å². The van der Waals surface area contributed by atoms with E-state index >= 15 is 0 Å². The van der Waals surface area contributed by atoms with E-state index in [1.54, 1.807) is 36.4 Å². The van der Waals surface area contributed by atoms with Gasteiger partial charge in [0, 0.05) is 38.9 Å². The average Bonchev–Trinajstić information content (AvgIpc) is 3.28. The van der Waals surface area contributed by atoms with Gasteiger partial charge in [-0.1, -0.05) is 53.7 Å². The predicted molar refractivity (Wildman–Crippen MR) is 145 cm³/mol. The zero-order valence-electron chi connectivity index (χ0n) is 22.0. The molecule has 7 nitrogen and oxygen atoms in total. The number of carbonyl (C=O) groups is 2. The molecule has 2 heterocycles. The Labute approximate surface area is 217 Å². The molecule has 0 aliphatic heterocycles. The van der Waals surface area contributed by atoms with Gasteiger partial charge in [0.25, 0.3) is 0 Å². The number of carbonyl (C=O) groups excluding carboxylic acids is 1. The van der Waals surface area contributed by atoms with Crippen molar-refractivity contribution in [3.8, 4) is 28.2 Å². The van der Waals surface area contributed by atoms with Gasteiger partial charge in [-0.2, -0.15) is 5.10 Å². The second-order valence-electron chi connectivity index (χ2n) is 11.2. The van der Waals surface area contributed by atoms with E-state index in [-0.39, 0.29) is 16.4 Å². The topological polar surface area (TPSA) is 111 Å². The van der Waals surface area contributed by atoms with Gasteiger partial charge in [0.1, 0.15) is 0 Å². The highest BCUT2D eigenvalue weighted by Crippen LogP contribution is 2.34. The van der Waals surface area contributed by atoms with Crippen LogP contribution in [-0.4, -0.2) is 31.7 Å². The number of amides is 1. The molecule has 1 amide bonds. The normalized spacial score (nSPS) is 11.9. The number of hydrogen-bond donors (Lipinski definition) is 2. The lowest BCUT2D eigenvalue weighted by atomic mass is 9.86. The summed E-state index contributed by atoms with van der Waals surface area (Å²) in [6.07, 6.45) is 0. The van der Waals surface area contributed by atoms with Crippen molar-refractivity contribution in [2.24, 2.45) is 5.73 Å². The summed E-state index contributed by atoms with van der Waals surface area (Å²) in [7, 11) is 0. The summed E-state index contributed by atoms with van der Waals surface area (Å²) < 4.78 is 1.83. The zero-order chi connectivity index (χ0) is 27.1. The number of benzene rings is 2. The van der Waals surface area contributed by atoms with Crippen LogP contribution in [0.25, 0.3) is 28.2 Å². The van der Waals surface area contributed by atoms with E-state index in [1.165, 1.54) is 0 Å². The molecule has 0 bridgehead atoms. The molecule has 0 aliphatic rings. The highest BCUT2D eigenvalue weighted by Gasteiger charge is 2.24. The van der Waals surface area contributed by atoms with E-state index in [2.05, 4.69) is 53.7 Å². The molecule has 0 saturated heterocycles. The lowest BCUT2D eigenvalue weighted by Crippen LogP contribution is -2.20. The highest BCUT2D eigenvalue weighted by atomic mass is 16.4. The second-order valence-corrected chi connectivity index (χ2v) is 11.2. The van der Waals surface area contributed by atoms with Crippen molar-refractivity contribution in [1.82, 2.24) is 14.8 Å². The number of hydrogen-bond acceptors (Lipinski definition) is 4. The Morgan fingerprint density at radius 2 is 1.27 bits per heavy atom. The van der Waals surface area contributed by atoms with Gasteiger partial charge in [0.05, 0.1) is 22.6 Å². The van der Waals surface area contributed by atoms with Crippen LogP contribution in [0.5, 0.6) is 0 Å². The van der Waals surface area contributed by atoms with Crippen molar-refractivity contribution in [1.29, 1.82) is 0 Å². The fourth-order valence-corrected chi connectivity index (χ4v) is 3.92. The Kier molecular flexibility index (Phi) is 6.50. The van der Waals surface area contributed by atoms with Gasteiger partial charge >= 0.3 is 5.97 Å². The Bertz CT molecular complexity index is 1440. The summed E-state index contributed by atoms with van der Waals surface area (Å²) in [4.78, 5) is 27.9. The molecule has 4 aromatic rings. The second kappa shape index (κ2) is 9.32. The molecule has 0 fully saturated rings. The van der Waals surface area contributed by atoms with Crippen molar-refractivity contribution in [2.45, 2.75) is 52.4 Å². The molecule has 2 aromatic heterocycles. The van der Waals surface area contributed by atoms with Crippen molar-refractivity contribution < 1.29 is 14.7 Å². The molecule has 0 unspecified atom stereocenters. The molecule has 2 aromatic carbocycles. The molecular weight excluding hydrogens is 464 g/mol. The maximum atomic E-state index is 11.6. The molecule has 37 heavy (non-hydrogen) atoms. The third-order valence-electron chi connectivity index (χ3n) is 6.19. The van der Waals surface area contributed by atoms with Crippen molar-refractivity contribution in [2.75, 3.05) is 0 Å². The van der Waals surface area contributed by atoms with Gasteiger partial charge in [0.15, 0.2) is 0 Å². The number of nitrogens with two attached hydrogens (primary N) is 1. The zero-order valence-corrected chi connectivity index (χ0v) is 22.0. The fourth-order valence-electron chi connectivity index (χ4n) is 3.92. The molecule has 190 valence electrons. The van der Waals surface area contributed by atoms with Crippen LogP contribution in [0.3, 0.4) is 0 Å². The maximum absolute atomic E-state index is 11.6. The Morgan fingerprint density at radius 1 is 0.757 bits per heavy atom. The monoisotopic (exact) mass is 496 g/mol. The van der Waals surface area contributed by atoms with Crippen molar-refractivity contribution in [3.63, 3.8) is 0 Å². The van der Waals surface area contributed by atoms with E-state index in [4.69, 9.17) is 15.8 Å². The summed E-state index contributed by atoms with van der Waals surface area (Å²) >= 11 is 0. The third kappa shape index (κ3) is 5.45. The molecule has 7 heteroatoms. The van der Waals surface area contributed by atoms with E-state index < -0.39 is 11.9 Å². The van der Waals surface area contributed by atoms with Crippen LogP contribution < -0.4 is 5.73 Å². The number of aromatic carboxylic acids is 1. The number of carboxylic acid groups (broad SMARTS) is 1. The van der Waals surface area contributed by atoms with Crippen LogP contribution in [-0.2, 0) is 10.8 Å². The Morgan fingerprint density at radius 3 is 1.73 bits per heavy atom. The first-order valence-corrected chi connectivity index (χ1v) is 12.1. The first-order valence-electron chi connectivity index (χ1n) is 12.1. The highest BCUT2D eigenvalue weighted by molar-refractivity contribution is 5.93. The summed E-state index contributed by atoms with van der Waals surface area (Å²) in [5, 5.41) is 14.2. The average molecular weight is 497 g/mol. The van der Waals surface area contributed by atoms with Crippen LogP contribution in [0.1, 0.15) is 73.6 Å². The number of rotatable bonds is 5. The van der Waals surface area contributed by atoms with Gasteiger partial charge in [-0.05, 0) is 54.6 Å². The molecule has 4 rings (SSSR count). The number of primary amides is 1. The minimum absolute atomic E-state index is 0.167. The minimum atomic E-state index is -0.978. The van der Waals surface area contributed by atoms with Crippen LogP contribution in [0.4, 0.5) is 0 Å². The molecule has 0 radical (unpaired) electrons. The van der Waals surface area contributed by atoms with Crippen LogP contribution in [0.15, 0.2) is 66.7 Å². The molecule has 0 spiro atoms. The van der Waals surface area contributed by atoms with E-state index in [1.807, 2.05) is 22.9 Å². The van der Waals surface area contributed by atoms with Crippen LogP contribution in [0.2, 0.25) is 0 Å². The summed E-state index contributed by atoms with van der Waals surface area (Å²) in [6, 6.07) is 19.8. The lowest BCUT2D eigenvalue weighted by Gasteiger charge is -2.25. The fraction of sp³-hybridized carbons (Fsp3) is 0.267. The maximum Gasteiger partial charge on any atom is 0.335 e. The summed E-state index contributed by atoms with van der Waals surface area (Å²) in [6.45, 7) is 12.8. The lowest BCUT2D eigenvalue weighted by molar-refractivity contribution is 0.0696. The smallest absolute Gasteiger partial charge is 0.335 e. The van der Waals surface area contributed by atoms with E-state index in [0.717, 1.165) is 33.9 Å². The van der Waals surface area contributed by atoms with Crippen LogP contribution >= 0.6 is 0 Å². The van der Waals surface area contributed by atoms with Crippen molar-refractivity contribution in [3.05, 3.63) is 89.2 Å². The van der Waals surface area contributed by atoms with E-state index in [9.17, 15) is 14.7 Å². The molecule has 0 saturated carbocycles. The molecule has 0 atom stereocenters. The summed E-state index contributed by atoms with van der Waals surface area (Å²) in [5.74, 6) is -1.47. The first-order chi connectivity index (χ1) is 17.2. The van der Waals surface area contributed by atoms with E-state index in [0.29, 0.717) is 11.3 Å². The van der Waals surface area contributed by atoms with Gasteiger partial charge in [-0.25, -0.2) is 9.48 Å². The van der Waals surface area contributed by atoms with Gasteiger partial charge in [0.2, 0.25) is 5.91 Å².